The van der Waals surface area contributed by atoms with Gasteiger partial charge in [-0.2, -0.15) is 0 Å². The number of pyridine rings is 1. The van der Waals surface area contributed by atoms with Crippen LogP contribution < -0.4 is 15.4 Å². The van der Waals surface area contributed by atoms with Crippen molar-refractivity contribution in [2.24, 2.45) is 5.92 Å². The molecule has 3 rings (SSSR count). The normalized spacial score (nSPS) is 14.1. The number of carbonyl (C=O) groups is 3. The first-order valence-corrected chi connectivity index (χ1v) is 9.47. The lowest BCUT2D eigenvalue weighted by Gasteiger charge is -2.21. The quantitative estimate of drug-likeness (QED) is 0.686. The van der Waals surface area contributed by atoms with Gasteiger partial charge in [-0.05, 0) is 43.2 Å². The second kappa shape index (κ2) is 9.18. The molecule has 1 aromatic heterocycles. The number of hydrogen-bond acceptors (Lipinski definition) is 5. The molecule has 1 aromatic carbocycles. The molecule has 2 amide bonds. The number of nitrogens with one attached hydrogen (secondary N) is 2. The van der Waals surface area contributed by atoms with Crippen LogP contribution in [0.25, 0.3) is 0 Å². The molecule has 1 saturated carbocycles. The van der Waals surface area contributed by atoms with E-state index in [9.17, 15) is 14.4 Å². The minimum absolute atomic E-state index is 0.00877. The minimum atomic E-state index is -1.16. The van der Waals surface area contributed by atoms with Crippen LogP contribution >= 0.6 is 0 Å². The molecule has 1 aliphatic carbocycles. The maximum atomic E-state index is 12.6. The summed E-state index contributed by atoms with van der Waals surface area (Å²) in [7, 11) is 1.51. The molecule has 1 aliphatic rings. The summed E-state index contributed by atoms with van der Waals surface area (Å²) < 4.78 is 5.32. The molecule has 1 heterocycles. The molecule has 0 unspecified atom stereocenters. The van der Waals surface area contributed by atoms with E-state index in [1.165, 1.54) is 25.4 Å². The van der Waals surface area contributed by atoms with E-state index in [1.54, 1.807) is 18.2 Å². The van der Waals surface area contributed by atoms with E-state index >= 15 is 0 Å². The number of aromatic nitrogens is 1. The van der Waals surface area contributed by atoms with Gasteiger partial charge in [0.25, 0.3) is 5.91 Å². The SMILES string of the molecule is COc1ccc(NC(=O)c2ccc(C(=O)O)nc2)cc1NC(=O)C1CCCCC1. The topological polar surface area (TPSA) is 118 Å². The Labute approximate surface area is 168 Å². The van der Waals surface area contributed by atoms with Crippen LogP contribution in [0.5, 0.6) is 5.75 Å². The number of rotatable bonds is 6. The fourth-order valence-electron chi connectivity index (χ4n) is 3.34. The molecule has 0 radical (unpaired) electrons. The van der Waals surface area contributed by atoms with Crippen LogP contribution in [0, 0.1) is 5.92 Å². The van der Waals surface area contributed by atoms with Gasteiger partial charge in [0.05, 0.1) is 18.4 Å². The van der Waals surface area contributed by atoms with Crippen molar-refractivity contribution in [1.29, 1.82) is 0 Å². The standard InChI is InChI=1S/C21H23N3O5/c1-29-18-10-8-15(11-17(18)24-19(25)13-5-3-2-4-6-13)23-20(26)14-7-9-16(21(27)28)22-12-14/h7-13H,2-6H2,1H3,(H,23,26)(H,24,25)(H,27,28). The van der Waals surface area contributed by atoms with E-state index in [4.69, 9.17) is 9.84 Å². The van der Waals surface area contributed by atoms with Crippen LogP contribution in [-0.4, -0.2) is 35.0 Å². The predicted molar refractivity (Wildman–Crippen MR) is 107 cm³/mol. The number of carboxylic acids is 1. The van der Waals surface area contributed by atoms with E-state index in [1.807, 2.05) is 0 Å². The number of hydrogen-bond donors (Lipinski definition) is 3. The van der Waals surface area contributed by atoms with Crippen molar-refractivity contribution in [3.8, 4) is 5.75 Å². The highest BCUT2D eigenvalue weighted by atomic mass is 16.5. The van der Waals surface area contributed by atoms with Crippen molar-refractivity contribution in [3.05, 3.63) is 47.8 Å². The van der Waals surface area contributed by atoms with Crippen molar-refractivity contribution >= 4 is 29.2 Å². The molecule has 2 aromatic rings. The van der Waals surface area contributed by atoms with Crippen LogP contribution in [0.1, 0.15) is 53.0 Å². The van der Waals surface area contributed by atoms with Gasteiger partial charge in [-0.15, -0.1) is 0 Å². The Hall–Kier alpha value is -3.42. The summed E-state index contributed by atoms with van der Waals surface area (Å²) >= 11 is 0. The summed E-state index contributed by atoms with van der Waals surface area (Å²) in [5.74, 6) is -1.15. The first-order chi connectivity index (χ1) is 14.0. The number of ether oxygens (including phenoxy) is 1. The summed E-state index contributed by atoms with van der Waals surface area (Å²) in [6.07, 6.45) is 6.23. The Morgan fingerprint density at radius 1 is 1.07 bits per heavy atom. The second-order valence-corrected chi connectivity index (χ2v) is 6.93. The van der Waals surface area contributed by atoms with E-state index in [2.05, 4.69) is 15.6 Å². The third-order valence-corrected chi connectivity index (χ3v) is 4.94. The van der Waals surface area contributed by atoms with Crippen molar-refractivity contribution < 1.29 is 24.2 Å². The molecular weight excluding hydrogens is 374 g/mol. The summed E-state index contributed by atoms with van der Waals surface area (Å²) in [6, 6.07) is 7.61. The molecule has 3 N–H and O–H groups in total. The largest absolute Gasteiger partial charge is 0.495 e. The minimum Gasteiger partial charge on any atom is -0.495 e. The molecule has 8 heteroatoms. The number of amides is 2. The van der Waals surface area contributed by atoms with Crippen LogP contribution in [-0.2, 0) is 4.79 Å². The summed E-state index contributed by atoms with van der Waals surface area (Å²) in [6.45, 7) is 0. The zero-order valence-electron chi connectivity index (χ0n) is 16.1. The zero-order chi connectivity index (χ0) is 20.8. The molecule has 29 heavy (non-hydrogen) atoms. The van der Waals surface area contributed by atoms with Crippen LogP contribution in [0.3, 0.4) is 0 Å². The summed E-state index contributed by atoms with van der Waals surface area (Å²) in [5, 5.41) is 14.5. The third kappa shape index (κ3) is 5.10. The Balaban J connectivity index is 1.72. The van der Waals surface area contributed by atoms with E-state index < -0.39 is 11.9 Å². The summed E-state index contributed by atoms with van der Waals surface area (Å²) in [5.41, 5.74) is 1.04. The van der Waals surface area contributed by atoms with Crippen LogP contribution in [0.4, 0.5) is 11.4 Å². The smallest absolute Gasteiger partial charge is 0.354 e. The maximum absolute atomic E-state index is 12.6. The van der Waals surface area contributed by atoms with Gasteiger partial charge in [0.2, 0.25) is 5.91 Å². The summed E-state index contributed by atoms with van der Waals surface area (Å²) in [4.78, 5) is 39.6. The van der Waals surface area contributed by atoms with Crippen molar-refractivity contribution in [1.82, 2.24) is 4.98 Å². The van der Waals surface area contributed by atoms with E-state index in [-0.39, 0.29) is 23.1 Å². The number of carboxylic acid groups (broad SMARTS) is 1. The van der Waals surface area contributed by atoms with Gasteiger partial charge in [0, 0.05) is 17.8 Å². The van der Waals surface area contributed by atoms with Gasteiger partial charge in [-0.25, -0.2) is 9.78 Å². The molecule has 0 saturated heterocycles. The second-order valence-electron chi connectivity index (χ2n) is 6.93. The fraction of sp³-hybridized carbons (Fsp3) is 0.333. The van der Waals surface area contributed by atoms with Gasteiger partial charge in [-0.1, -0.05) is 19.3 Å². The molecule has 8 nitrogen and oxygen atoms in total. The highest BCUT2D eigenvalue weighted by Crippen LogP contribution is 2.30. The highest BCUT2D eigenvalue weighted by Gasteiger charge is 2.22. The highest BCUT2D eigenvalue weighted by molar-refractivity contribution is 6.05. The molecule has 0 spiro atoms. The van der Waals surface area contributed by atoms with E-state index in [0.29, 0.717) is 17.1 Å². The number of carbonyl (C=O) groups excluding carboxylic acids is 2. The van der Waals surface area contributed by atoms with Crippen molar-refractivity contribution in [3.63, 3.8) is 0 Å². The average Bonchev–Trinajstić information content (AvgIpc) is 2.74. The average molecular weight is 397 g/mol. The first-order valence-electron chi connectivity index (χ1n) is 9.47. The molecule has 0 atom stereocenters. The fourth-order valence-corrected chi connectivity index (χ4v) is 3.34. The lowest BCUT2D eigenvalue weighted by Crippen LogP contribution is -2.25. The van der Waals surface area contributed by atoms with Crippen molar-refractivity contribution in [2.45, 2.75) is 32.1 Å². The molecule has 1 fully saturated rings. The predicted octanol–water partition coefficient (Wildman–Crippen LogP) is 3.56. The Morgan fingerprint density at radius 3 is 2.45 bits per heavy atom. The van der Waals surface area contributed by atoms with Crippen LogP contribution in [0.15, 0.2) is 36.5 Å². The van der Waals surface area contributed by atoms with Gasteiger partial charge < -0.3 is 20.5 Å². The van der Waals surface area contributed by atoms with Gasteiger partial charge in [0.1, 0.15) is 11.4 Å². The molecule has 0 aliphatic heterocycles. The lowest BCUT2D eigenvalue weighted by atomic mass is 9.88. The molecule has 0 bridgehead atoms. The van der Waals surface area contributed by atoms with Crippen molar-refractivity contribution in [2.75, 3.05) is 17.7 Å². The Bertz CT molecular complexity index is 905. The zero-order valence-corrected chi connectivity index (χ0v) is 16.1. The number of aromatic carboxylic acids is 1. The number of methoxy groups -OCH3 is 1. The van der Waals surface area contributed by atoms with Gasteiger partial charge in [-0.3, -0.25) is 9.59 Å². The molecule has 152 valence electrons. The number of benzene rings is 1. The first kappa shape index (κ1) is 20.3. The van der Waals surface area contributed by atoms with E-state index in [0.717, 1.165) is 32.1 Å². The van der Waals surface area contributed by atoms with Gasteiger partial charge in [0.15, 0.2) is 0 Å². The lowest BCUT2D eigenvalue weighted by molar-refractivity contribution is -0.120. The molecular formula is C21H23N3O5. The third-order valence-electron chi connectivity index (χ3n) is 4.94. The van der Waals surface area contributed by atoms with Gasteiger partial charge >= 0.3 is 5.97 Å². The maximum Gasteiger partial charge on any atom is 0.354 e. The monoisotopic (exact) mass is 397 g/mol. The Morgan fingerprint density at radius 2 is 1.83 bits per heavy atom. The number of nitrogens with zero attached hydrogens (tertiary/aromatic N) is 1. The Kier molecular flexibility index (Phi) is 6.43. The van der Waals surface area contributed by atoms with Crippen LogP contribution in [0.2, 0.25) is 0 Å². The number of anilines is 2.